The van der Waals surface area contributed by atoms with Crippen molar-refractivity contribution >= 4 is 17.0 Å². The zero-order valence-electron chi connectivity index (χ0n) is 17.8. The molecular formula is C25H24O6. The summed E-state index contributed by atoms with van der Waals surface area (Å²) >= 11 is 0. The van der Waals surface area contributed by atoms with Crippen LogP contribution < -0.4 is 10.2 Å². The number of fused-ring (bicyclic) bond motifs is 2. The number of rotatable bonds is 3. The van der Waals surface area contributed by atoms with Crippen molar-refractivity contribution in [2.24, 2.45) is 0 Å². The number of ether oxygens (including phenoxy) is 1. The quantitative estimate of drug-likeness (QED) is 0.499. The van der Waals surface area contributed by atoms with E-state index in [0.717, 1.165) is 11.6 Å². The first-order valence-corrected chi connectivity index (χ1v) is 9.95. The highest BCUT2D eigenvalue weighted by Crippen LogP contribution is 2.45. The molecular weight excluding hydrogens is 396 g/mol. The van der Waals surface area contributed by atoms with E-state index in [1.165, 1.54) is 12.3 Å². The first-order chi connectivity index (χ1) is 14.6. The Hall–Kier alpha value is -3.67. The molecule has 0 atom stereocenters. The van der Waals surface area contributed by atoms with Gasteiger partial charge >= 0.3 is 0 Å². The van der Waals surface area contributed by atoms with E-state index in [1.54, 1.807) is 6.07 Å². The molecule has 1 aliphatic heterocycles. The topological polar surface area (TPSA) is 100 Å². The van der Waals surface area contributed by atoms with Crippen LogP contribution in [0.2, 0.25) is 0 Å². The fraction of sp³-hybridized carbons (Fsp3) is 0.240. The van der Waals surface area contributed by atoms with Crippen LogP contribution in [0, 0.1) is 0 Å². The van der Waals surface area contributed by atoms with E-state index in [4.69, 9.17) is 9.15 Å². The maximum Gasteiger partial charge on any atom is 0.204 e. The molecule has 0 saturated carbocycles. The molecule has 4 rings (SSSR count). The van der Waals surface area contributed by atoms with Crippen molar-refractivity contribution in [3.63, 3.8) is 0 Å². The number of allylic oxidation sites excluding steroid dienone is 2. The second-order valence-electron chi connectivity index (χ2n) is 8.51. The summed E-state index contributed by atoms with van der Waals surface area (Å²) in [6.07, 6.45) is 7.34. The summed E-state index contributed by atoms with van der Waals surface area (Å²) in [5.41, 5.74) is 1.77. The van der Waals surface area contributed by atoms with Crippen LogP contribution in [0.5, 0.6) is 23.0 Å². The van der Waals surface area contributed by atoms with Crippen LogP contribution >= 0.6 is 0 Å². The van der Waals surface area contributed by atoms with Crippen molar-refractivity contribution in [3.05, 3.63) is 63.5 Å². The number of phenols is 3. The Morgan fingerprint density at radius 1 is 1.10 bits per heavy atom. The largest absolute Gasteiger partial charge is 0.508 e. The lowest BCUT2D eigenvalue weighted by Gasteiger charge is -2.30. The van der Waals surface area contributed by atoms with Crippen LogP contribution in [-0.2, 0) is 6.42 Å². The van der Waals surface area contributed by atoms with E-state index in [2.05, 4.69) is 0 Å². The van der Waals surface area contributed by atoms with Crippen molar-refractivity contribution in [3.8, 4) is 34.1 Å². The van der Waals surface area contributed by atoms with Crippen LogP contribution in [0.3, 0.4) is 0 Å². The minimum absolute atomic E-state index is 0.0358. The van der Waals surface area contributed by atoms with Gasteiger partial charge in [-0.25, -0.2) is 0 Å². The van der Waals surface area contributed by atoms with Crippen LogP contribution in [0.1, 0.15) is 38.8 Å². The third-order valence-electron chi connectivity index (χ3n) is 5.25. The lowest BCUT2D eigenvalue weighted by atomic mass is 9.90. The molecule has 0 amide bonds. The summed E-state index contributed by atoms with van der Waals surface area (Å²) < 4.78 is 11.8. The van der Waals surface area contributed by atoms with Crippen LogP contribution in [0.4, 0.5) is 0 Å². The molecule has 0 spiro atoms. The normalized spacial score (nSPS) is 14.2. The smallest absolute Gasteiger partial charge is 0.204 e. The molecule has 0 radical (unpaired) electrons. The summed E-state index contributed by atoms with van der Waals surface area (Å²) in [7, 11) is 0. The first kappa shape index (κ1) is 20.6. The SMILES string of the molecule is CC(C)=CCc1c(O)cc2c(c1-c1coc3cc(O)cc(O)c3c1=O)OC(C)(C)C=C2. The highest BCUT2D eigenvalue weighted by Gasteiger charge is 2.29. The van der Waals surface area contributed by atoms with Gasteiger partial charge in [0.15, 0.2) is 0 Å². The van der Waals surface area contributed by atoms with E-state index in [9.17, 15) is 20.1 Å². The number of hydrogen-bond acceptors (Lipinski definition) is 6. The zero-order valence-corrected chi connectivity index (χ0v) is 17.8. The van der Waals surface area contributed by atoms with Gasteiger partial charge in [-0.1, -0.05) is 17.7 Å². The zero-order chi connectivity index (χ0) is 22.5. The summed E-state index contributed by atoms with van der Waals surface area (Å²) in [5, 5.41) is 30.8. The average Bonchev–Trinajstić information content (AvgIpc) is 2.66. The van der Waals surface area contributed by atoms with Crippen molar-refractivity contribution < 1.29 is 24.5 Å². The molecule has 0 unspecified atom stereocenters. The van der Waals surface area contributed by atoms with E-state index in [1.807, 2.05) is 45.9 Å². The molecule has 0 bridgehead atoms. The maximum absolute atomic E-state index is 13.4. The van der Waals surface area contributed by atoms with Gasteiger partial charge in [-0.15, -0.1) is 0 Å². The van der Waals surface area contributed by atoms with Gasteiger partial charge in [0.1, 0.15) is 45.8 Å². The lowest BCUT2D eigenvalue weighted by Crippen LogP contribution is -2.28. The van der Waals surface area contributed by atoms with Gasteiger partial charge in [0.25, 0.3) is 0 Å². The molecule has 6 nitrogen and oxygen atoms in total. The third-order valence-corrected chi connectivity index (χ3v) is 5.25. The number of benzene rings is 2. The maximum atomic E-state index is 13.4. The van der Waals surface area contributed by atoms with Gasteiger partial charge in [-0.3, -0.25) is 4.79 Å². The molecule has 3 aromatic rings. The monoisotopic (exact) mass is 420 g/mol. The lowest BCUT2D eigenvalue weighted by molar-refractivity contribution is 0.159. The van der Waals surface area contributed by atoms with Gasteiger partial charge in [0.2, 0.25) is 5.43 Å². The van der Waals surface area contributed by atoms with Crippen molar-refractivity contribution in [1.82, 2.24) is 0 Å². The van der Waals surface area contributed by atoms with E-state index in [0.29, 0.717) is 28.9 Å². The third kappa shape index (κ3) is 3.65. The summed E-state index contributed by atoms with van der Waals surface area (Å²) in [5.74, 6) is -0.0947. The molecule has 1 aromatic heterocycles. The van der Waals surface area contributed by atoms with Crippen LogP contribution in [-0.4, -0.2) is 20.9 Å². The van der Waals surface area contributed by atoms with Gasteiger partial charge in [-0.05, 0) is 46.3 Å². The van der Waals surface area contributed by atoms with Gasteiger partial charge < -0.3 is 24.5 Å². The Kier molecular flexibility index (Phi) is 4.81. The average molecular weight is 420 g/mol. The molecule has 160 valence electrons. The van der Waals surface area contributed by atoms with Gasteiger partial charge in [0.05, 0.1) is 5.56 Å². The minimum atomic E-state index is -0.614. The molecule has 6 heteroatoms. The Labute approximate surface area is 179 Å². The highest BCUT2D eigenvalue weighted by molar-refractivity contribution is 5.91. The standard InChI is InChI=1S/C25H24O6/c1-13(2)5-6-16-18(27)9-14-7-8-25(3,4)31-24(14)21(16)17-12-30-20-11-15(26)10-19(28)22(20)23(17)29/h5,7-12,26-28H,6H2,1-4H3. The van der Waals surface area contributed by atoms with Crippen molar-refractivity contribution in [2.75, 3.05) is 0 Å². The minimum Gasteiger partial charge on any atom is -0.508 e. The first-order valence-electron chi connectivity index (χ1n) is 9.95. The van der Waals surface area contributed by atoms with E-state index in [-0.39, 0.29) is 33.8 Å². The molecule has 1 aliphatic rings. The van der Waals surface area contributed by atoms with Gasteiger partial charge in [0, 0.05) is 28.8 Å². The Morgan fingerprint density at radius 2 is 1.84 bits per heavy atom. The second-order valence-corrected chi connectivity index (χ2v) is 8.51. The molecule has 2 heterocycles. The van der Waals surface area contributed by atoms with E-state index < -0.39 is 11.0 Å². The number of aromatic hydroxyl groups is 3. The predicted molar refractivity (Wildman–Crippen MR) is 120 cm³/mol. The highest BCUT2D eigenvalue weighted by atomic mass is 16.5. The summed E-state index contributed by atoms with van der Waals surface area (Å²) in [6.45, 7) is 7.70. The molecule has 2 aromatic carbocycles. The molecule has 0 fully saturated rings. The molecule has 31 heavy (non-hydrogen) atoms. The fourth-order valence-corrected chi connectivity index (χ4v) is 3.72. The Bertz CT molecular complexity index is 1320. The molecule has 0 aliphatic carbocycles. The number of hydrogen-bond donors (Lipinski definition) is 3. The van der Waals surface area contributed by atoms with E-state index >= 15 is 0 Å². The van der Waals surface area contributed by atoms with Crippen LogP contribution in [0.15, 0.2) is 51.4 Å². The van der Waals surface area contributed by atoms with Gasteiger partial charge in [-0.2, -0.15) is 0 Å². The summed E-state index contributed by atoms with van der Waals surface area (Å²) in [6, 6.07) is 3.98. The van der Waals surface area contributed by atoms with Crippen molar-refractivity contribution in [1.29, 1.82) is 0 Å². The Morgan fingerprint density at radius 3 is 2.55 bits per heavy atom. The second kappa shape index (κ2) is 7.23. The molecule has 3 N–H and O–H groups in total. The predicted octanol–water partition coefficient (Wildman–Crippen LogP) is 5.27. The fourth-order valence-electron chi connectivity index (χ4n) is 3.72. The summed E-state index contributed by atoms with van der Waals surface area (Å²) in [4.78, 5) is 13.4. The van der Waals surface area contributed by atoms with Crippen LogP contribution in [0.25, 0.3) is 28.2 Å². The van der Waals surface area contributed by atoms with Crippen molar-refractivity contribution in [2.45, 2.75) is 39.7 Å². The number of phenolic OH excluding ortho intramolecular Hbond substituents is 3. The molecule has 0 saturated heterocycles. The Balaban J connectivity index is 2.09.